The van der Waals surface area contributed by atoms with Crippen LogP contribution in [0.5, 0.6) is 0 Å². The van der Waals surface area contributed by atoms with Crippen LogP contribution in [0, 0.1) is 5.41 Å². The fourth-order valence-corrected chi connectivity index (χ4v) is 2.26. The Morgan fingerprint density at radius 1 is 1.06 bits per heavy atom. The van der Waals surface area contributed by atoms with E-state index in [4.69, 9.17) is 23.2 Å². The van der Waals surface area contributed by atoms with E-state index in [2.05, 4.69) is 4.74 Å². The number of alkyl halides is 5. The van der Waals surface area contributed by atoms with Gasteiger partial charge in [0.05, 0.1) is 0 Å². The summed E-state index contributed by atoms with van der Waals surface area (Å²) >= 11 is 11.6. The Kier molecular flexibility index (Phi) is 7.77. The molecule has 6 heteroatoms. The van der Waals surface area contributed by atoms with Gasteiger partial charge in [0.1, 0.15) is 6.61 Å². The van der Waals surface area contributed by atoms with Crippen LogP contribution >= 0.6 is 23.2 Å². The van der Waals surface area contributed by atoms with E-state index in [9.17, 15) is 13.2 Å². The van der Waals surface area contributed by atoms with Gasteiger partial charge in [-0.2, -0.15) is 13.2 Å². The maximum absolute atomic E-state index is 11.8. The first-order valence-corrected chi connectivity index (χ1v) is 6.22. The van der Waals surface area contributed by atoms with Crippen LogP contribution in [-0.4, -0.2) is 31.2 Å². The van der Waals surface area contributed by atoms with Gasteiger partial charge in [-0.3, -0.25) is 0 Å². The molecule has 0 aromatic heterocycles. The van der Waals surface area contributed by atoms with Crippen molar-refractivity contribution < 1.29 is 17.9 Å². The summed E-state index contributed by atoms with van der Waals surface area (Å²) in [6.45, 7) is 0.823. The summed E-state index contributed by atoms with van der Waals surface area (Å²) in [5.41, 5.74) is -0.302. The molecule has 0 unspecified atom stereocenters. The van der Waals surface area contributed by atoms with Gasteiger partial charge in [0, 0.05) is 18.4 Å². The Morgan fingerprint density at radius 2 is 1.62 bits per heavy atom. The maximum atomic E-state index is 11.8. The van der Waals surface area contributed by atoms with E-state index in [0.717, 1.165) is 12.8 Å². The molecule has 0 fully saturated rings. The highest BCUT2D eigenvalue weighted by Gasteiger charge is 2.30. The van der Waals surface area contributed by atoms with Gasteiger partial charge < -0.3 is 4.74 Å². The molecule has 0 aliphatic rings. The minimum absolute atomic E-state index is 0.0406. The molecule has 16 heavy (non-hydrogen) atoms. The maximum Gasteiger partial charge on any atom is 0.411 e. The zero-order valence-corrected chi connectivity index (χ0v) is 10.8. The van der Waals surface area contributed by atoms with Gasteiger partial charge >= 0.3 is 6.18 Å². The fraction of sp³-hybridized carbons (Fsp3) is 1.00. The molecule has 0 saturated carbocycles. The van der Waals surface area contributed by atoms with Crippen LogP contribution < -0.4 is 0 Å². The molecule has 0 spiro atoms. The summed E-state index contributed by atoms with van der Waals surface area (Å²) in [5.74, 6) is 0.694. The van der Waals surface area contributed by atoms with E-state index in [0.29, 0.717) is 18.2 Å². The second kappa shape index (κ2) is 7.62. The van der Waals surface area contributed by atoms with Crippen LogP contribution in [0.2, 0.25) is 0 Å². The van der Waals surface area contributed by atoms with E-state index >= 15 is 0 Å². The molecule has 0 bridgehead atoms. The van der Waals surface area contributed by atoms with Crippen molar-refractivity contribution >= 4 is 23.2 Å². The molecule has 0 heterocycles. The lowest BCUT2D eigenvalue weighted by molar-refractivity contribution is -0.175. The predicted molar refractivity (Wildman–Crippen MR) is 60.3 cm³/mol. The van der Waals surface area contributed by atoms with E-state index in [1.165, 1.54) is 0 Å². The van der Waals surface area contributed by atoms with Crippen LogP contribution in [-0.2, 0) is 4.74 Å². The minimum Gasteiger partial charge on any atom is -0.372 e. The molecule has 0 amide bonds. The molecule has 0 radical (unpaired) electrons. The lowest BCUT2D eigenvalue weighted by atomic mass is 9.84. The first kappa shape index (κ1) is 16.3. The molecule has 0 rings (SSSR count). The lowest BCUT2D eigenvalue weighted by Crippen LogP contribution is -2.28. The van der Waals surface area contributed by atoms with Crippen LogP contribution in [0.4, 0.5) is 13.2 Å². The van der Waals surface area contributed by atoms with Crippen molar-refractivity contribution in [3.8, 4) is 0 Å². The summed E-state index contributed by atoms with van der Waals surface area (Å²) in [6, 6.07) is 0. The molecule has 1 nitrogen and oxygen atoms in total. The summed E-state index contributed by atoms with van der Waals surface area (Å²) < 4.78 is 40.0. The quantitative estimate of drug-likeness (QED) is 0.478. The molecular weight excluding hydrogens is 264 g/mol. The number of hydrogen-bond acceptors (Lipinski definition) is 1. The first-order valence-electron chi connectivity index (χ1n) is 5.15. The smallest absolute Gasteiger partial charge is 0.372 e. The van der Waals surface area contributed by atoms with Gasteiger partial charge in [-0.05, 0) is 18.3 Å². The summed E-state index contributed by atoms with van der Waals surface area (Å²) in [7, 11) is 0. The molecule has 0 aliphatic heterocycles. The van der Waals surface area contributed by atoms with Crippen molar-refractivity contribution in [3.63, 3.8) is 0 Å². The monoisotopic (exact) mass is 280 g/mol. The number of halogens is 5. The Morgan fingerprint density at radius 3 is 2.00 bits per heavy atom. The number of rotatable bonds is 8. The highest BCUT2D eigenvalue weighted by atomic mass is 35.5. The van der Waals surface area contributed by atoms with Gasteiger partial charge in [-0.1, -0.05) is 13.3 Å². The van der Waals surface area contributed by atoms with Crippen molar-refractivity contribution in [2.75, 3.05) is 25.0 Å². The molecule has 0 aromatic carbocycles. The molecule has 0 N–H and O–H groups in total. The van der Waals surface area contributed by atoms with Gasteiger partial charge in [-0.25, -0.2) is 0 Å². The highest BCUT2D eigenvalue weighted by Crippen LogP contribution is 2.31. The minimum atomic E-state index is -4.27. The number of ether oxygens (including phenoxy) is 1. The molecule has 0 aromatic rings. The van der Waals surface area contributed by atoms with Crippen LogP contribution in [0.15, 0.2) is 0 Å². The molecular formula is C10H17Cl2F3O. The van der Waals surface area contributed by atoms with Crippen molar-refractivity contribution in [1.82, 2.24) is 0 Å². The standard InChI is InChI=1S/C10H17Cl2F3O/c1-2-3-9(6-11,7-12)4-5-16-8-10(13,14)15/h2-8H2,1H3. The number of hydrogen-bond donors (Lipinski definition) is 0. The van der Waals surface area contributed by atoms with E-state index in [1.54, 1.807) is 0 Å². The molecule has 0 atom stereocenters. The first-order chi connectivity index (χ1) is 7.39. The van der Waals surface area contributed by atoms with Gasteiger partial charge in [0.15, 0.2) is 0 Å². The Balaban J connectivity index is 3.93. The zero-order valence-electron chi connectivity index (χ0n) is 9.25. The molecule has 0 saturated heterocycles. The average Bonchev–Trinajstić information content (AvgIpc) is 2.21. The Bertz CT molecular complexity index is 181. The Labute approximate surface area is 104 Å². The van der Waals surface area contributed by atoms with Crippen molar-refractivity contribution in [2.45, 2.75) is 32.4 Å². The van der Waals surface area contributed by atoms with Gasteiger partial charge in [0.25, 0.3) is 0 Å². The second-order valence-corrected chi connectivity index (χ2v) is 4.47. The van der Waals surface area contributed by atoms with Crippen molar-refractivity contribution in [2.24, 2.45) is 5.41 Å². The largest absolute Gasteiger partial charge is 0.411 e. The van der Waals surface area contributed by atoms with E-state index in [-0.39, 0.29) is 12.0 Å². The fourth-order valence-electron chi connectivity index (χ4n) is 1.43. The second-order valence-electron chi connectivity index (χ2n) is 3.94. The third-order valence-electron chi connectivity index (χ3n) is 2.39. The normalized spacial score (nSPS) is 13.1. The summed E-state index contributed by atoms with van der Waals surface area (Å²) in [4.78, 5) is 0. The topological polar surface area (TPSA) is 9.23 Å². The van der Waals surface area contributed by atoms with E-state index in [1.807, 2.05) is 6.92 Å². The summed E-state index contributed by atoms with van der Waals surface area (Å²) in [5, 5.41) is 0. The lowest BCUT2D eigenvalue weighted by Gasteiger charge is -2.29. The third kappa shape index (κ3) is 6.81. The zero-order chi connectivity index (χ0) is 12.7. The summed E-state index contributed by atoms with van der Waals surface area (Å²) in [6.07, 6.45) is -2.10. The van der Waals surface area contributed by atoms with Crippen molar-refractivity contribution in [1.29, 1.82) is 0 Å². The van der Waals surface area contributed by atoms with Crippen LogP contribution in [0.1, 0.15) is 26.2 Å². The molecule has 0 aliphatic carbocycles. The highest BCUT2D eigenvalue weighted by molar-refractivity contribution is 6.21. The SMILES string of the molecule is CCCC(CCl)(CCl)CCOCC(F)(F)F. The van der Waals surface area contributed by atoms with Gasteiger partial charge in [0.2, 0.25) is 0 Å². The van der Waals surface area contributed by atoms with Crippen LogP contribution in [0.25, 0.3) is 0 Å². The predicted octanol–water partition coefficient (Wildman–Crippen LogP) is 4.22. The van der Waals surface area contributed by atoms with Crippen molar-refractivity contribution in [3.05, 3.63) is 0 Å². The molecule has 98 valence electrons. The van der Waals surface area contributed by atoms with Gasteiger partial charge in [-0.15, -0.1) is 23.2 Å². The average molecular weight is 281 g/mol. The van der Waals surface area contributed by atoms with E-state index < -0.39 is 12.8 Å². The third-order valence-corrected chi connectivity index (χ3v) is 3.52. The van der Waals surface area contributed by atoms with Crippen LogP contribution in [0.3, 0.4) is 0 Å². The Hall–Kier alpha value is 0.330.